The molecule has 0 radical (unpaired) electrons. The third kappa shape index (κ3) is 3.04. The van der Waals surface area contributed by atoms with Crippen molar-refractivity contribution in [2.24, 2.45) is 0 Å². The van der Waals surface area contributed by atoms with Crippen molar-refractivity contribution in [3.63, 3.8) is 0 Å². The topological polar surface area (TPSA) is 21.3 Å². The molecule has 2 heteroatoms. The van der Waals surface area contributed by atoms with Gasteiger partial charge in [-0.2, -0.15) is 0 Å². The molecule has 78 valence electrons. The van der Waals surface area contributed by atoms with Crippen molar-refractivity contribution in [3.05, 3.63) is 29.8 Å². The van der Waals surface area contributed by atoms with E-state index in [1.165, 1.54) is 5.56 Å². The minimum Gasteiger partial charge on any atom is -0.497 e. The van der Waals surface area contributed by atoms with Gasteiger partial charge in [-0.25, -0.2) is 0 Å². The second-order valence-corrected chi connectivity index (χ2v) is 3.57. The summed E-state index contributed by atoms with van der Waals surface area (Å²) in [5.74, 6) is 1.52. The zero-order valence-corrected chi connectivity index (χ0v) is 9.21. The van der Waals surface area contributed by atoms with Crippen LogP contribution in [0.4, 0.5) is 0 Å². The van der Waals surface area contributed by atoms with Gasteiger partial charge in [0.05, 0.1) is 7.11 Å². The fourth-order valence-electron chi connectivity index (χ4n) is 1.48. The highest BCUT2D eigenvalue weighted by atomic mass is 16.5. The van der Waals surface area contributed by atoms with Crippen molar-refractivity contribution in [2.75, 3.05) is 20.7 Å². The third-order valence-corrected chi connectivity index (χ3v) is 2.49. The van der Waals surface area contributed by atoms with E-state index in [0.717, 1.165) is 18.7 Å². The summed E-state index contributed by atoms with van der Waals surface area (Å²) < 4.78 is 5.19. The molecular formula is C12H19NO. The van der Waals surface area contributed by atoms with E-state index < -0.39 is 0 Å². The molecule has 1 aromatic rings. The van der Waals surface area contributed by atoms with Gasteiger partial charge in [0.25, 0.3) is 0 Å². The molecule has 0 amide bonds. The summed E-state index contributed by atoms with van der Waals surface area (Å²) in [6, 6.07) is 8.29. The molecule has 0 spiro atoms. The zero-order chi connectivity index (χ0) is 10.4. The highest BCUT2D eigenvalue weighted by molar-refractivity contribution is 5.30. The van der Waals surface area contributed by atoms with Gasteiger partial charge in [0.1, 0.15) is 5.75 Å². The summed E-state index contributed by atoms with van der Waals surface area (Å²) in [5, 5.41) is 3.17. The van der Waals surface area contributed by atoms with Crippen molar-refractivity contribution < 1.29 is 4.74 Å². The Morgan fingerprint density at radius 1 is 1.43 bits per heavy atom. The molecule has 0 aromatic heterocycles. The van der Waals surface area contributed by atoms with Gasteiger partial charge in [0.2, 0.25) is 0 Å². The highest BCUT2D eigenvalue weighted by Crippen LogP contribution is 2.22. The fraction of sp³-hybridized carbons (Fsp3) is 0.500. The van der Waals surface area contributed by atoms with E-state index in [0.29, 0.717) is 5.92 Å². The Kier molecular flexibility index (Phi) is 4.47. The van der Waals surface area contributed by atoms with Crippen LogP contribution in [0.1, 0.15) is 24.8 Å². The Morgan fingerprint density at radius 3 is 2.86 bits per heavy atom. The first-order valence-corrected chi connectivity index (χ1v) is 5.06. The van der Waals surface area contributed by atoms with E-state index in [2.05, 4.69) is 24.4 Å². The van der Waals surface area contributed by atoms with Gasteiger partial charge in [-0.1, -0.05) is 19.1 Å². The van der Waals surface area contributed by atoms with E-state index in [-0.39, 0.29) is 0 Å². The number of ether oxygens (including phenoxy) is 1. The minimum atomic E-state index is 0.581. The Labute approximate surface area is 86.3 Å². The van der Waals surface area contributed by atoms with Gasteiger partial charge in [-0.05, 0) is 43.6 Å². The molecule has 1 atom stereocenters. The first-order chi connectivity index (χ1) is 6.77. The maximum atomic E-state index is 5.19. The molecule has 0 heterocycles. The van der Waals surface area contributed by atoms with E-state index >= 15 is 0 Å². The maximum Gasteiger partial charge on any atom is 0.119 e. The first-order valence-electron chi connectivity index (χ1n) is 5.06. The van der Waals surface area contributed by atoms with E-state index in [1.54, 1.807) is 7.11 Å². The van der Waals surface area contributed by atoms with Crippen LogP contribution in [-0.2, 0) is 0 Å². The summed E-state index contributed by atoms with van der Waals surface area (Å²) in [6.45, 7) is 3.30. The summed E-state index contributed by atoms with van der Waals surface area (Å²) in [4.78, 5) is 0. The van der Waals surface area contributed by atoms with Crippen molar-refractivity contribution >= 4 is 0 Å². The van der Waals surface area contributed by atoms with Gasteiger partial charge in [0.15, 0.2) is 0 Å². The van der Waals surface area contributed by atoms with Crippen molar-refractivity contribution in [2.45, 2.75) is 19.3 Å². The summed E-state index contributed by atoms with van der Waals surface area (Å²) >= 11 is 0. The minimum absolute atomic E-state index is 0.581. The SMILES string of the molecule is CNCCC(C)c1cccc(OC)c1. The number of benzene rings is 1. The quantitative estimate of drug-likeness (QED) is 0.775. The molecule has 0 aliphatic carbocycles. The molecule has 1 rings (SSSR count). The Hall–Kier alpha value is -1.02. The molecular weight excluding hydrogens is 174 g/mol. The Bertz CT molecular complexity index is 273. The fourth-order valence-corrected chi connectivity index (χ4v) is 1.48. The van der Waals surface area contributed by atoms with Crippen LogP contribution in [0.5, 0.6) is 5.75 Å². The van der Waals surface area contributed by atoms with Gasteiger partial charge >= 0.3 is 0 Å². The lowest BCUT2D eigenvalue weighted by Crippen LogP contribution is -2.10. The molecule has 1 N–H and O–H groups in total. The molecule has 0 fully saturated rings. The second-order valence-electron chi connectivity index (χ2n) is 3.57. The number of hydrogen-bond acceptors (Lipinski definition) is 2. The van der Waals surface area contributed by atoms with Gasteiger partial charge in [0, 0.05) is 0 Å². The maximum absolute atomic E-state index is 5.19. The van der Waals surface area contributed by atoms with Crippen molar-refractivity contribution in [1.82, 2.24) is 5.32 Å². The molecule has 2 nitrogen and oxygen atoms in total. The van der Waals surface area contributed by atoms with Crippen LogP contribution in [0, 0.1) is 0 Å². The molecule has 0 aliphatic heterocycles. The van der Waals surface area contributed by atoms with E-state index in [9.17, 15) is 0 Å². The smallest absolute Gasteiger partial charge is 0.119 e. The second kappa shape index (κ2) is 5.66. The van der Waals surface area contributed by atoms with Crippen LogP contribution in [0.25, 0.3) is 0 Å². The van der Waals surface area contributed by atoms with Crippen molar-refractivity contribution in [3.8, 4) is 5.75 Å². The Morgan fingerprint density at radius 2 is 2.21 bits per heavy atom. The van der Waals surface area contributed by atoms with Crippen LogP contribution in [0.15, 0.2) is 24.3 Å². The molecule has 1 aromatic carbocycles. The summed E-state index contributed by atoms with van der Waals surface area (Å²) in [5.41, 5.74) is 1.35. The predicted octanol–water partition coefficient (Wildman–Crippen LogP) is 2.41. The number of methoxy groups -OCH3 is 1. The lowest BCUT2D eigenvalue weighted by Gasteiger charge is -2.12. The average Bonchev–Trinajstić information content (AvgIpc) is 2.26. The van der Waals surface area contributed by atoms with Crippen LogP contribution < -0.4 is 10.1 Å². The highest BCUT2D eigenvalue weighted by Gasteiger charge is 2.05. The van der Waals surface area contributed by atoms with Gasteiger partial charge in [-0.15, -0.1) is 0 Å². The standard InChI is InChI=1S/C12H19NO/c1-10(7-8-13-2)11-5-4-6-12(9-11)14-3/h4-6,9-10,13H,7-8H2,1-3H3. The zero-order valence-electron chi connectivity index (χ0n) is 9.21. The van der Waals surface area contributed by atoms with Crippen LogP contribution in [0.2, 0.25) is 0 Å². The molecule has 1 unspecified atom stereocenters. The lowest BCUT2D eigenvalue weighted by molar-refractivity contribution is 0.413. The van der Waals surface area contributed by atoms with Crippen LogP contribution in [0.3, 0.4) is 0 Å². The largest absolute Gasteiger partial charge is 0.497 e. The summed E-state index contributed by atoms with van der Waals surface area (Å²) in [7, 11) is 3.69. The van der Waals surface area contributed by atoms with E-state index in [4.69, 9.17) is 4.74 Å². The molecule has 14 heavy (non-hydrogen) atoms. The van der Waals surface area contributed by atoms with E-state index in [1.807, 2.05) is 19.2 Å². The summed E-state index contributed by atoms with van der Waals surface area (Å²) in [6.07, 6.45) is 1.16. The van der Waals surface area contributed by atoms with Crippen LogP contribution in [-0.4, -0.2) is 20.7 Å². The first kappa shape index (κ1) is 11.1. The van der Waals surface area contributed by atoms with Crippen molar-refractivity contribution in [1.29, 1.82) is 0 Å². The predicted molar refractivity (Wildman–Crippen MR) is 60.0 cm³/mol. The van der Waals surface area contributed by atoms with Gasteiger partial charge < -0.3 is 10.1 Å². The third-order valence-electron chi connectivity index (χ3n) is 2.49. The number of hydrogen-bond donors (Lipinski definition) is 1. The lowest BCUT2D eigenvalue weighted by atomic mass is 9.98. The monoisotopic (exact) mass is 193 g/mol. The normalized spacial score (nSPS) is 12.5. The Balaban J connectivity index is 2.64. The molecule has 0 saturated heterocycles. The average molecular weight is 193 g/mol. The molecule has 0 saturated carbocycles. The van der Waals surface area contributed by atoms with Crippen LogP contribution >= 0.6 is 0 Å². The number of rotatable bonds is 5. The number of nitrogens with one attached hydrogen (secondary N) is 1. The molecule has 0 aliphatic rings. The molecule has 0 bridgehead atoms. The van der Waals surface area contributed by atoms with Gasteiger partial charge in [-0.3, -0.25) is 0 Å².